The van der Waals surface area contributed by atoms with Crippen LogP contribution in [-0.4, -0.2) is 63.7 Å². The summed E-state index contributed by atoms with van der Waals surface area (Å²) in [5.74, 6) is 0.0536. The molecule has 3 aromatic rings. The standard InChI is InChI=1S/C27H34F3N7O4S/c1-6-18-13-25(3,4)36(14-18)23-19(24(38)34-42(39,40)20-15-35(5)32-17(20)2)7-8-21(31-23)37-12-9-22(33-37)41-16-26(10-11-26)27(28,29)30/h7-9,12,15,18H,6,10-11,13-14,16H2,1-5H3,(H,34,38). The van der Waals surface area contributed by atoms with Crippen LogP contribution in [0.5, 0.6) is 5.88 Å². The van der Waals surface area contributed by atoms with E-state index in [0.29, 0.717) is 12.5 Å². The van der Waals surface area contributed by atoms with Gasteiger partial charge < -0.3 is 9.64 Å². The fraction of sp³-hybridized carbons (Fsp3) is 0.556. The number of aromatic nitrogens is 5. The molecule has 0 aromatic carbocycles. The van der Waals surface area contributed by atoms with Crippen LogP contribution >= 0.6 is 0 Å². The summed E-state index contributed by atoms with van der Waals surface area (Å²) in [4.78, 5) is 20.1. The molecular weight excluding hydrogens is 575 g/mol. The first-order valence-electron chi connectivity index (χ1n) is 13.7. The number of ether oxygens (including phenoxy) is 1. The summed E-state index contributed by atoms with van der Waals surface area (Å²) in [6.45, 7) is 7.76. The fourth-order valence-electron chi connectivity index (χ4n) is 5.44. The van der Waals surface area contributed by atoms with Gasteiger partial charge in [0.15, 0.2) is 5.82 Å². The van der Waals surface area contributed by atoms with Gasteiger partial charge in [-0.05, 0) is 58.1 Å². The zero-order chi connectivity index (χ0) is 30.7. The minimum Gasteiger partial charge on any atom is -0.476 e. The van der Waals surface area contributed by atoms with Crippen molar-refractivity contribution in [2.24, 2.45) is 18.4 Å². The Balaban J connectivity index is 1.46. The van der Waals surface area contributed by atoms with Gasteiger partial charge in [-0.15, -0.1) is 5.10 Å². The van der Waals surface area contributed by atoms with Gasteiger partial charge in [-0.25, -0.2) is 22.8 Å². The molecule has 2 fully saturated rings. The number of alkyl halides is 3. The number of carbonyl (C=O) groups excluding carboxylic acids is 1. The molecule has 5 rings (SSSR count). The van der Waals surface area contributed by atoms with Crippen LogP contribution in [-0.2, 0) is 17.1 Å². The van der Waals surface area contributed by atoms with Gasteiger partial charge >= 0.3 is 6.18 Å². The molecule has 1 aliphatic carbocycles. The second kappa shape index (κ2) is 10.3. The Morgan fingerprint density at radius 3 is 2.48 bits per heavy atom. The maximum Gasteiger partial charge on any atom is 0.397 e. The number of carbonyl (C=O) groups is 1. The van der Waals surface area contributed by atoms with E-state index in [2.05, 4.69) is 21.8 Å². The molecule has 42 heavy (non-hydrogen) atoms. The Morgan fingerprint density at radius 1 is 1.19 bits per heavy atom. The van der Waals surface area contributed by atoms with Crippen molar-refractivity contribution in [3.63, 3.8) is 0 Å². The number of hydrogen-bond acceptors (Lipinski definition) is 8. The van der Waals surface area contributed by atoms with Gasteiger partial charge in [0.1, 0.15) is 22.7 Å². The fourth-order valence-corrected chi connectivity index (χ4v) is 6.63. The largest absolute Gasteiger partial charge is 0.476 e. The van der Waals surface area contributed by atoms with Crippen LogP contribution in [0.4, 0.5) is 19.0 Å². The van der Waals surface area contributed by atoms with Crippen LogP contribution in [0.15, 0.2) is 35.5 Å². The summed E-state index contributed by atoms with van der Waals surface area (Å²) in [6.07, 6.45) is 0.274. The van der Waals surface area contributed by atoms with Crippen molar-refractivity contribution < 1.29 is 31.1 Å². The summed E-state index contributed by atoms with van der Waals surface area (Å²) in [5.41, 5.74) is -1.92. The van der Waals surface area contributed by atoms with E-state index in [4.69, 9.17) is 9.72 Å². The zero-order valence-electron chi connectivity index (χ0n) is 24.1. The van der Waals surface area contributed by atoms with E-state index in [9.17, 15) is 26.4 Å². The van der Waals surface area contributed by atoms with E-state index in [-0.39, 0.29) is 46.5 Å². The predicted molar refractivity (Wildman–Crippen MR) is 147 cm³/mol. The molecule has 1 saturated carbocycles. The minimum atomic E-state index is -4.34. The second-order valence-corrected chi connectivity index (χ2v) is 13.4. The number of nitrogens with one attached hydrogen (secondary N) is 1. The van der Waals surface area contributed by atoms with Crippen LogP contribution in [0.1, 0.15) is 62.5 Å². The predicted octanol–water partition coefficient (Wildman–Crippen LogP) is 4.16. The number of rotatable bonds is 9. The molecule has 1 atom stereocenters. The molecule has 2 aliphatic rings. The number of halogens is 3. The van der Waals surface area contributed by atoms with Crippen molar-refractivity contribution in [3.8, 4) is 11.7 Å². The Bertz CT molecular complexity index is 1610. The Morgan fingerprint density at radius 2 is 1.90 bits per heavy atom. The lowest BCUT2D eigenvalue weighted by Gasteiger charge is -2.34. The third-order valence-corrected chi connectivity index (χ3v) is 9.57. The number of aryl methyl sites for hydroxylation is 2. The zero-order valence-corrected chi connectivity index (χ0v) is 24.9. The van der Waals surface area contributed by atoms with Crippen molar-refractivity contribution in [1.82, 2.24) is 29.3 Å². The summed E-state index contributed by atoms with van der Waals surface area (Å²) in [6, 6.07) is 4.42. The Hall–Kier alpha value is -3.62. The van der Waals surface area contributed by atoms with Gasteiger partial charge in [0.25, 0.3) is 15.9 Å². The smallest absolute Gasteiger partial charge is 0.397 e. The quantitative estimate of drug-likeness (QED) is 0.384. The van der Waals surface area contributed by atoms with E-state index in [1.165, 1.54) is 46.9 Å². The van der Waals surface area contributed by atoms with Crippen LogP contribution in [0.25, 0.3) is 5.82 Å². The molecule has 11 nitrogen and oxygen atoms in total. The van der Waals surface area contributed by atoms with Gasteiger partial charge in [0.05, 0.1) is 11.3 Å². The van der Waals surface area contributed by atoms with Crippen LogP contribution in [0, 0.1) is 18.3 Å². The highest BCUT2D eigenvalue weighted by Gasteiger charge is 2.64. The maximum atomic E-state index is 13.5. The van der Waals surface area contributed by atoms with Gasteiger partial charge in [-0.2, -0.15) is 18.3 Å². The minimum absolute atomic E-state index is 0.0150. The van der Waals surface area contributed by atoms with Gasteiger partial charge in [-0.1, -0.05) is 13.3 Å². The molecule has 1 amide bonds. The Kier molecular flexibility index (Phi) is 7.31. The molecular formula is C27H34F3N7O4S. The van der Waals surface area contributed by atoms with Gasteiger partial charge in [-0.3, -0.25) is 9.48 Å². The molecule has 0 bridgehead atoms. The first-order chi connectivity index (χ1) is 19.5. The molecule has 3 aromatic heterocycles. The summed E-state index contributed by atoms with van der Waals surface area (Å²) in [5, 5.41) is 8.31. The third kappa shape index (κ3) is 5.57. The number of pyridine rings is 1. The van der Waals surface area contributed by atoms with Crippen LogP contribution in [0.2, 0.25) is 0 Å². The highest BCUT2D eigenvalue weighted by molar-refractivity contribution is 7.90. The van der Waals surface area contributed by atoms with Crippen molar-refractivity contribution in [3.05, 3.63) is 41.9 Å². The first kappa shape index (κ1) is 29.9. The number of anilines is 1. The third-order valence-electron chi connectivity index (χ3n) is 8.13. The van der Waals surface area contributed by atoms with E-state index >= 15 is 0 Å². The van der Waals surface area contributed by atoms with E-state index in [1.54, 1.807) is 7.05 Å². The van der Waals surface area contributed by atoms with Crippen molar-refractivity contribution >= 4 is 21.7 Å². The molecule has 4 heterocycles. The molecule has 1 saturated heterocycles. The highest BCUT2D eigenvalue weighted by Crippen LogP contribution is 2.57. The van der Waals surface area contributed by atoms with Crippen LogP contribution < -0.4 is 14.4 Å². The van der Waals surface area contributed by atoms with E-state index < -0.39 is 39.7 Å². The van der Waals surface area contributed by atoms with E-state index in [0.717, 1.165) is 12.8 Å². The maximum absolute atomic E-state index is 13.5. The number of hydrogen-bond donors (Lipinski definition) is 1. The lowest BCUT2D eigenvalue weighted by molar-refractivity contribution is -0.194. The molecule has 228 valence electrons. The summed E-state index contributed by atoms with van der Waals surface area (Å²) >= 11 is 0. The second-order valence-electron chi connectivity index (χ2n) is 11.8. The normalized spacial score (nSPS) is 19.6. The van der Waals surface area contributed by atoms with Crippen molar-refractivity contribution in [1.29, 1.82) is 0 Å². The number of sulfonamides is 1. The highest BCUT2D eigenvalue weighted by atomic mass is 32.2. The average Bonchev–Trinajstić information content (AvgIpc) is 3.25. The molecule has 1 unspecified atom stereocenters. The monoisotopic (exact) mass is 609 g/mol. The lowest BCUT2D eigenvalue weighted by atomic mass is 9.95. The molecule has 1 N–H and O–H groups in total. The van der Waals surface area contributed by atoms with Crippen molar-refractivity contribution in [2.45, 2.75) is 70.0 Å². The Labute approximate surface area is 242 Å². The molecule has 15 heteroatoms. The van der Waals surface area contributed by atoms with Gasteiger partial charge in [0, 0.05) is 37.6 Å². The SMILES string of the molecule is CCC1CN(c2nc(-n3ccc(OCC4(C(F)(F)F)CC4)n3)ccc2C(=O)NS(=O)(=O)c2cn(C)nc2C)C(C)(C)C1. The van der Waals surface area contributed by atoms with Crippen molar-refractivity contribution in [2.75, 3.05) is 18.1 Å². The van der Waals surface area contributed by atoms with Gasteiger partial charge in [0.2, 0.25) is 5.88 Å². The average molecular weight is 610 g/mol. The summed E-state index contributed by atoms with van der Waals surface area (Å²) in [7, 11) is -2.64. The molecule has 1 aliphatic heterocycles. The molecule has 0 radical (unpaired) electrons. The first-order valence-corrected chi connectivity index (χ1v) is 15.2. The topological polar surface area (TPSA) is 124 Å². The number of nitrogens with zero attached hydrogens (tertiary/aromatic N) is 6. The summed E-state index contributed by atoms with van der Waals surface area (Å²) < 4.78 is 76.3. The van der Waals surface area contributed by atoms with Crippen LogP contribution in [0.3, 0.4) is 0 Å². The lowest BCUT2D eigenvalue weighted by Crippen LogP contribution is -2.41. The number of amides is 1. The van der Waals surface area contributed by atoms with E-state index in [1.807, 2.05) is 18.7 Å². The molecule has 0 spiro atoms.